The van der Waals surface area contributed by atoms with Crippen molar-refractivity contribution in [2.75, 3.05) is 6.54 Å². The monoisotopic (exact) mass is 487 g/mol. The topological polar surface area (TPSA) is 70.8 Å². The SMILES string of the molecule is CC[NH+](Cc1ccccc1)Cn1c(=S)oc2ccc(S(=O)(=O)[N-]c3ccccc3Cl)cc21. The van der Waals surface area contributed by atoms with E-state index in [0.29, 0.717) is 22.6 Å². The van der Waals surface area contributed by atoms with Gasteiger partial charge in [0.2, 0.25) is 0 Å². The van der Waals surface area contributed by atoms with Crippen molar-refractivity contribution in [2.45, 2.75) is 25.0 Å². The molecule has 6 nitrogen and oxygen atoms in total. The first kappa shape index (κ1) is 22.5. The molecule has 1 aromatic heterocycles. The van der Waals surface area contributed by atoms with Crippen molar-refractivity contribution in [3.05, 3.63) is 92.9 Å². The van der Waals surface area contributed by atoms with Gasteiger partial charge in [0.05, 0.1) is 17.0 Å². The van der Waals surface area contributed by atoms with Crippen molar-refractivity contribution < 1.29 is 17.7 Å². The summed E-state index contributed by atoms with van der Waals surface area (Å²) < 4.78 is 37.3. The molecule has 1 N–H and O–H groups in total. The van der Waals surface area contributed by atoms with Gasteiger partial charge in [-0.3, -0.25) is 4.57 Å². The standard InChI is InChI=1S/C23H21ClN3O3S2/c1-2-26(15-17-8-4-3-5-9-17)16-27-21-14-18(12-13-22(21)30-23(27)31)32(28,29)25-20-11-7-6-10-19(20)24/h3-14H,2,15-16H2,1H3/q-1/p+1. The molecular weight excluding hydrogens is 466 g/mol. The Morgan fingerprint density at radius 2 is 1.78 bits per heavy atom. The minimum absolute atomic E-state index is 0.0515. The largest absolute Gasteiger partial charge is 0.572 e. The van der Waals surface area contributed by atoms with Crippen LogP contribution in [0.4, 0.5) is 5.69 Å². The van der Waals surface area contributed by atoms with Gasteiger partial charge in [-0.2, -0.15) is 0 Å². The number of oxazole rings is 1. The molecule has 9 heteroatoms. The molecule has 0 spiro atoms. The van der Waals surface area contributed by atoms with E-state index >= 15 is 0 Å². The molecule has 0 aliphatic rings. The van der Waals surface area contributed by atoms with Gasteiger partial charge in [0.1, 0.15) is 16.6 Å². The van der Waals surface area contributed by atoms with Crippen LogP contribution in [-0.2, 0) is 23.2 Å². The predicted molar refractivity (Wildman–Crippen MR) is 128 cm³/mol. The van der Waals surface area contributed by atoms with E-state index in [-0.39, 0.29) is 15.6 Å². The van der Waals surface area contributed by atoms with E-state index in [2.05, 4.69) is 23.8 Å². The fourth-order valence-electron chi connectivity index (χ4n) is 3.46. The van der Waals surface area contributed by atoms with Gasteiger partial charge < -0.3 is 14.0 Å². The van der Waals surface area contributed by atoms with Crippen molar-refractivity contribution in [3.63, 3.8) is 0 Å². The third-order valence-corrected chi connectivity index (χ3v) is 7.10. The van der Waals surface area contributed by atoms with E-state index < -0.39 is 10.0 Å². The molecule has 0 radical (unpaired) electrons. The average Bonchev–Trinajstić information content (AvgIpc) is 3.09. The van der Waals surface area contributed by atoms with E-state index in [9.17, 15) is 8.42 Å². The maximum absolute atomic E-state index is 12.9. The van der Waals surface area contributed by atoms with E-state index in [1.54, 1.807) is 36.4 Å². The van der Waals surface area contributed by atoms with Crippen molar-refractivity contribution >= 4 is 50.6 Å². The molecule has 0 amide bonds. The zero-order valence-electron chi connectivity index (χ0n) is 17.4. The van der Waals surface area contributed by atoms with Gasteiger partial charge in [-0.1, -0.05) is 60.1 Å². The summed E-state index contributed by atoms with van der Waals surface area (Å²) in [6.45, 7) is 4.32. The summed E-state index contributed by atoms with van der Waals surface area (Å²) in [7, 11) is -3.97. The molecule has 166 valence electrons. The molecule has 1 unspecified atom stereocenters. The maximum Gasteiger partial charge on any atom is 0.274 e. The Bertz CT molecular complexity index is 1400. The van der Waals surface area contributed by atoms with Crippen LogP contribution in [0.25, 0.3) is 15.8 Å². The quantitative estimate of drug-likeness (QED) is 0.352. The highest BCUT2D eigenvalue weighted by molar-refractivity contribution is 7.94. The highest BCUT2D eigenvalue weighted by Crippen LogP contribution is 2.34. The summed E-state index contributed by atoms with van der Waals surface area (Å²) in [6, 6.07) is 21.4. The molecule has 0 saturated heterocycles. The molecule has 3 aromatic carbocycles. The lowest BCUT2D eigenvalue weighted by Crippen LogP contribution is -3.09. The number of hydrogen-bond donors (Lipinski definition) is 1. The van der Waals surface area contributed by atoms with Crippen LogP contribution in [-0.4, -0.2) is 19.5 Å². The highest BCUT2D eigenvalue weighted by atomic mass is 35.5. The van der Waals surface area contributed by atoms with E-state index in [1.165, 1.54) is 16.5 Å². The second-order valence-corrected chi connectivity index (χ2v) is 9.73. The maximum atomic E-state index is 12.9. The normalized spacial score (nSPS) is 12.7. The van der Waals surface area contributed by atoms with Crippen LogP contribution in [0.2, 0.25) is 5.02 Å². The number of nitrogens with one attached hydrogen (secondary N) is 1. The molecule has 1 heterocycles. The summed E-state index contributed by atoms with van der Waals surface area (Å²) in [5, 5.41) is 0.270. The number of hydrogen-bond acceptors (Lipinski definition) is 4. The summed E-state index contributed by atoms with van der Waals surface area (Å²) in [6.07, 6.45) is 0. The molecule has 0 aliphatic carbocycles. The van der Waals surface area contributed by atoms with E-state index in [0.717, 1.165) is 13.1 Å². The number of nitrogens with zero attached hydrogens (tertiary/aromatic N) is 2. The summed E-state index contributed by atoms with van der Waals surface area (Å²) >= 11 is 11.5. The van der Waals surface area contributed by atoms with Crippen LogP contribution >= 0.6 is 23.8 Å². The van der Waals surface area contributed by atoms with Crippen molar-refractivity contribution in [2.24, 2.45) is 0 Å². The molecule has 0 fully saturated rings. The molecular formula is C23H22ClN3O3S2. The Balaban J connectivity index is 1.66. The number of quaternary nitrogens is 1. The van der Waals surface area contributed by atoms with E-state index in [1.807, 2.05) is 22.8 Å². The summed E-state index contributed by atoms with van der Waals surface area (Å²) in [4.78, 5) is 1.61. The van der Waals surface area contributed by atoms with Gasteiger partial charge in [0.25, 0.3) is 4.84 Å². The number of sulfonamides is 1. The molecule has 0 saturated carbocycles. The predicted octanol–water partition coefficient (Wildman–Crippen LogP) is 5.07. The third kappa shape index (κ3) is 4.88. The van der Waals surface area contributed by atoms with Gasteiger partial charge in [0.15, 0.2) is 12.3 Å². The lowest BCUT2D eigenvalue weighted by molar-refractivity contribution is -0.934. The number of fused-ring (bicyclic) bond motifs is 1. The summed E-state index contributed by atoms with van der Waals surface area (Å²) in [5.74, 6) is 0. The van der Waals surface area contributed by atoms with Gasteiger partial charge in [-0.15, -0.1) is 5.69 Å². The van der Waals surface area contributed by atoms with Crippen molar-refractivity contribution in [1.29, 1.82) is 0 Å². The van der Waals surface area contributed by atoms with Gasteiger partial charge >= 0.3 is 0 Å². The molecule has 4 rings (SSSR count). The van der Waals surface area contributed by atoms with Crippen molar-refractivity contribution in [1.82, 2.24) is 4.57 Å². The fourth-order valence-corrected chi connectivity index (χ4v) is 4.97. The first-order valence-corrected chi connectivity index (χ1v) is 12.3. The Hall–Kier alpha value is -2.65. The second-order valence-electron chi connectivity index (χ2n) is 7.37. The first-order chi connectivity index (χ1) is 15.4. The molecule has 0 aliphatic heterocycles. The molecule has 1 atom stereocenters. The Morgan fingerprint density at radius 3 is 2.50 bits per heavy atom. The number of halogens is 1. The zero-order valence-corrected chi connectivity index (χ0v) is 19.8. The van der Waals surface area contributed by atoms with Gasteiger partial charge in [0, 0.05) is 10.6 Å². The van der Waals surface area contributed by atoms with Crippen LogP contribution in [0, 0.1) is 4.84 Å². The van der Waals surface area contributed by atoms with Gasteiger partial charge in [-0.25, -0.2) is 8.42 Å². The van der Waals surface area contributed by atoms with E-state index in [4.69, 9.17) is 28.2 Å². The van der Waals surface area contributed by atoms with Crippen LogP contribution < -0.4 is 4.90 Å². The molecule has 0 bridgehead atoms. The number of rotatable bonds is 8. The first-order valence-electron chi connectivity index (χ1n) is 10.1. The highest BCUT2D eigenvalue weighted by Gasteiger charge is 2.16. The molecule has 4 aromatic rings. The van der Waals surface area contributed by atoms with Crippen LogP contribution in [0.1, 0.15) is 12.5 Å². The lowest BCUT2D eigenvalue weighted by Gasteiger charge is -2.23. The van der Waals surface area contributed by atoms with Crippen LogP contribution in [0.15, 0.2) is 82.1 Å². The second kappa shape index (κ2) is 9.46. The smallest absolute Gasteiger partial charge is 0.274 e. The lowest BCUT2D eigenvalue weighted by atomic mass is 10.2. The average molecular weight is 488 g/mol. The fraction of sp³-hybridized carbons (Fsp3) is 0.174. The third-order valence-electron chi connectivity index (χ3n) is 5.19. The number of aromatic nitrogens is 1. The molecule has 32 heavy (non-hydrogen) atoms. The van der Waals surface area contributed by atoms with Crippen LogP contribution in [0.3, 0.4) is 0 Å². The minimum atomic E-state index is -3.97. The van der Waals surface area contributed by atoms with Crippen molar-refractivity contribution in [3.8, 4) is 0 Å². The Kier molecular flexibility index (Phi) is 6.66. The Labute approximate surface area is 197 Å². The Morgan fingerprint density at radius 1 is 1.06 bits per heavy atom. The number of benzene rings is 3. The summed E-state index contributed by atoms with van der Waals surface area (Å²) in [5.41, 5.74) is 2.56. The van der Waals surface area contributed by atoms with Crippen LogP contribution in [0.5, 0.6) is 0 Å². The minimum Gasteiger partial charge on any atom is -0.572 e. The van der Waals surface area contributed by atoms with Gasteiger partial charge in [-0.05, 0) is 43.4 Å². The zero-order chi connectivity index (χ0) is 22.7.